The molecular formula is C30H42N2O5. The van der Waals surface area contributed by atoms with Crippen LogP contribution < -0.4 is 10.5 Å². The number of carbonyl (C=O) groups excluding carboxylic acids is 1. The first-order valence-corrected chi connectivity index (χ1v) is 13.6. The van der Waals surface area contributed by atoms with Gasteiger partial charge in [-0.3, -0.25) is 4.79 Å². The van der Waals surface area contributed by atoms with E-state index in [4.69, 9.17) is 15.2 Å². The number of aliphatic hydroxyl groups is 2. The van der Waals surface area contributed by atoms with E-state index in [2.05, 4.69) is 0 Å². The molecule has 1 aliphatic heterocycles. The van der Waals surface area contributed by atoms with Crippen molar-refractivity contribution in [3.63, 3.8) is 0 Å². The quantitative estimate of drug-likeness (QED) is 0.399. The van der Waals surface area contributed by atoms with Gasteiger partial charge in [0, 0.05) is 50.2 Å². The average molecular weight is 511 g/mol. The highest BCUT2D eigenvalue weighted by molar-refractivity contribution is 5.79. The van der Waals surface area contributed by atoms with Gasteiger partial charge in [-0.05, 0) is 56.6 Å². The number of hydrogen-bond donors (Lipinski definition) is 3. The van der Waals surface area contributed by atoms with Gasteiger partial charge >= 0.3 is 0 Å². The van der Waals surface area contributed by atoms with Gasteiger partial charge in [-0.15, -0.1) is 0 Å². The topological polar surface area (TPSA) is 105 Å². The van der Waals surface area contributed by atoms with Crippen LogP contribution in [0, 0.1) is 11.8 Å². The minimum atomic E-state index is -1.15. The first-order chi connectivity index (χ1) is 17.9. The van der Waals surface area contributed by atoms with Crippen LogP contribution in [0.25, 0.3) is 0 Å². The molecule has 0 radical (unpaired) electrons. The molecule has 5 atom stereocenters. The molecule has 1 amide bonds. The highest BCUT2D eigenvalue weighted by Gasteiger charge is 2.44. The molecule has 1 saturated carbocycles. The molecule has 2 aliphatic rings. The predicted octanol–water partition coefficient (Wildman–Crippen LogP) is 3.61. The van der Waals surface area contributed by atoms with E-state index in [1.54, 1.807) is 7.11 Å². The summed E-state index contributed by atoms with van der Waals surface area (Å²) in [6.07, 6.45) is 4.15. The van der Waals surface area contributed by atoms with Gasteiger partial charge in [0.2, 0.25) is 5.91 Å². The van der Waals surface area contributed by atoms with Crippen molar-refractivity contribution in [2.45, 2.75) is 69.3 Å². The summed E-state index contributed by atoms with van der Waals surface area (Å²) in [5.74, 6) is 0.343. The summed E-state index contributed by atoms with van der Waals surface area (Å²) in [6.45, 7) is 2.20. The van der Waals surface area contributed by atoms with Gasteiger partial charge in [0.1, 0.15) is 12.4 Å². The number of piperidine rings is 1. The Hall–Kier alpha value is -2.45. The van der Waals surface area contributed by atoms with Crippen molar-refractivity contribution in [1.82, 2.24) is 4.90 Å². The van der Waals surface area contributed by atoms with Gasteiger partial charge in [-0.25, -0.2) is 0 Å². The molecule has 1 heterocycles. The van der Waals surface area contributed by atoms with Gasteiger partial charge in [0.05, 0.1) is 11.7 Å². The summed E-state index contributed by atoms with van der Waals surface area (Å²) >= 11 is 0. The number of nitrogens with zero attached hydrogens (tertiary/aromatic N) is 1. The molecule has 7 heteroatoms. The number of para-hydroxylation sites is 1. The lowest BCUT2D eigenvalue weighted by atomic mass is 9.73. The van der Waals surface area contributed by atoms with E-state index >= 15 is 0 Å². The van der Waals surface area contributed by atoms with Crippen molar-refractivity contribution >= 4 is 5.91 Å². The molecule has 4 N–H and O–H groups in total. The number of rotatable bonds is 11. The second-order valence-corrected chi connectivity index (χ2v) is 10.7. The van der Waals surface area contributed by atoms with E-state index in [0.29, 0.717) is 51.3 Å². The fraction of sp³-hybridized carbons (Fsp3) is 0.567. The lowest BCUT2D eigenvalue weighted by molar-refractivity contribution is -0.141. The molecule has 1 saturated heterocycles. The van der Waals surface area contributed by atoms with Crippen LogP contribution >= 0.6 is 0 Å². The SMILES string of the molecule is COCCCC[C@@](O)(c1ccccc1OCc1ccccc1)[C@@H]1CCCN(C(=O)[C@H]2C[C@@H](N)[C@@H](O)C2)C1. The third-order valence-electron chi connectivity index (χ3n) is 8.08. The Labute approximate surface area is 220 Å². The van der Waals surface area contributed by atoms with Crippen molar-refractivity contribution in [2.75, 3.05) is 26.8 Å². The zero-order valence-corrected chi connectivity index (χ0v) is 21.9. The van der Waals surface area contributed by atoms with Crippen LogP contribution in [0.5, 0.6) is 5.75 Å². The molecule has 2 fully saturated rings. The number of ether oxygens (including phenoxy) is 2. The van der Waals surface area contributed by atoms with Crippen LogP contribution in [0.15, 0.2) is 54.6 Å². The molecule has 2 aromatic carbocycles. The number of likely N-dealkylation sites (tertiary alicyclic amines) is 1. The second kappa shape index (κ2) is 12.9. The highest BCUT2D eigenvalue weighted by atomic mass is 16.5. The summed E-state index contributed by atoms with van der Waals surface area (Å²) in [7, 11) is 1.69. The van der Waals surface area contributed by atoms with Gasteiger partial charge in [-0.2, -0.15) is 0 Å². The minimum Gasteiger partial charge on any atom is -0.489 e. The van der Waals surface area contributed by atoms with E-state index in [1.807, 2.05) is 59.5 Å². The predicted molar refractivity (Wildman–Crippen MR) is 143 cm³/mol. The Balaban J connectivity index is 1.56. The van der Waals surface area contributed by atoms with Crippen molar-refractivity contribution in [3.05, 3.63) is 65.7 Å². The summed E-state index contributed by atoms with van der Waals surface area (Å²) < 4.78 is 11.5. The molecule has 7 nitrogen and oxygen atoms in total. The molecule has 0 aromatic heterocycles. The number of unbranched alkanes of at least 4 members (excludes halogenated alkanes) is 1. The Morgan fingerprint density at radius 3 is 2.59 bits per heavy atom. The normalized spacial score (nSPS) is 25.6. The second-order valence-electron chi connectivity index (χ2n) is 10.7. The Morgan fingerprint density at radius 1 is 1.11 bits per heavy atom. The maximum atomic E-state index is 13.4. The number of nitrogens with two attached hydrogens (primary N) is 1. The maximum absolute atomic E-state index is 13.4. The van der Waals surface area contributed by atoms with Gasteiger partial charge in [0.25, 0.3) is 0 Å². The zero-order valence-electron chi connectivity index (χ0n) is 21.9. The smallest absolute Gasteiger partial charge is 0.225 e. The first-order valence-electron chi connectivity index (χ1n) is 13.6. The lowest BCUT2D eigenvalue weighted by Gasteiger charge is -2.44. The van der Waals surface area contributed by atoms with Gasteiger partial charge in [-0.1, -0.05) is 48.5 Å². The number of hydrogen-bond acceptors (Lipinski definition) is 6. The largest absolute Gasteiger partial charge is 0.489 e. The molecular weight excluding hydrogens is 468 g/mol. The molecule has 0 bridgehead atoms. The minimum absolute atomic E-state index is 0.0482. The van der Waals surface area contributed by atoms with Crippen LogP contribution in [0.2, 0.25) is 0 Å². The molecule has 1 aliphatic carbocycles. The number of amides is 1. The Morgan fingerprint density at radius 2 is 1.86 bits per heavy atom. The average Bonchev–Trinajstić information content (AvgIpc) is 3.28. The van der Waals surface area contributed by atoms with Crippen molar-refractivity contribution in [3.8, 4) is 5.75 Å². The van der Waals surface area contributed by atoms with Gasteiger partial charge < -0.3 is 30.3 Å². The van der Waals surface area contributed by atoms with E-state index < -0.39 is 11.7 Å². The molecule has 37 heavy (non-hydrogen) atoms. The summed E-state index contributed by atoms with van der Waals surface area (Å²) in [4.78, 5) is 15.2. The molecule has 4 rings (SSSR count). The number of methoxy groups -OCH3 is 1. The van der Waals surface area contributed by atoms with E-state index in [-0.39, 0.29) is 23.8 Å². The Kier molecular flexibility index (Phi) is 9.60. The van der Waals surface area contributed by atoms with E-state index in [1.165, 1.54) is 0 Å². The monoisotopic (exact) mass is 510 g/mol. The van der Waals surface area contributed by atoms with Crippen molar-refractivity contribution < 1.29 is 24.5 Å². The molecule has 202 valence electrons. The Bertz CT molecular complexity index is 992. The molecule has 0 unspecified atom stereocenters. The van der Waals surface area contributed by atoms with Crippen LogP contribution in [0.3, 0.4) is 0 Å². The van der Waals surface area contributed by atoms with Crippen molar-refractivity contribution in [2.24, 2.45) is 17.6 Å². The maximum Gasteiger partial charge on any atom is 0.225 e. The van der Waals surface area contributed by atoms with Crippen LogP contribution in [-0.2, 0) is 21.7 Å². The summed E-state index contributed by atoms with van der Waals surface area (Å²) in [5.41, 5.74) is 6.68. The summed E-state index contributed by atoms with van der Waals surface area (Å²) in [6, 6.07) is 17.4. The first kappa shape index (κ1) is 27.6. The fourth-order valence-corrected chi connectivity index (χ4v) is 5.96. The fourth-order valence-electron chi connectivity index (χ4n) is 5.96. The van der Waals surface area contributed by atoms with E-state index in [9.17, 15) is 15.0 Å². The third-order valence-corrected chi connectivity index (χ3v) is 8.08. The lowest BCUT2D eigenvalue weighted by Crippen LogP contribution is -2.49. The standard InChI is InChI=1S/C30H42N2O5/c1-36-17-8-7-15-30(35,25-13-5-6-14-28(25)37-21-22-10-3-2-4-11-22)24-12-9-16-32(20-24)29(34)23-18-26(31)27(33)19-23/h2-6,10-11,13-14,23-24,26-27,33,35H,7-9,12,15-21,31H2,1H3/t23-,24+,26+,27-,30-/m0/s1. The highest BCUT2D eigenvalue weighted by Crippen LogP contribution is 2.44. The van der Waals surface area contributed by atoms with Crippen molar-refractivity contribution in [1.29, 1.82) is 0 Å². The third kappa shape index (κ3) is 6.71. The van der Waals surface area contributed by atoms with Crippen LogP contribution in [0.4, 0.5) is 0 Å². The number of aliphatic hydroxyl groups excluding tert-OH is 1. The number of benzene rings is 2. The number of carbonyl (C=O) groups is 1. The van der Waals surface area contributed by atoms with Crippen LogP contribution in [0.1, 0.15) is 56.1 Å². The van der Waals surface area contributed by atoms with Gasteiger partial charge in [0.15, 0.2) is 0 Å². The summed E-state index contributed by atoms with van der Waals surface area (Å²) in [5, 5.41) is 22.5. The van der Waals surface area contributed by atoms with E-state index in [0.717, 1.165) is 36.8 Å². The molecule has 2 aromatic rings. The zero-order chi connectivity index (χ0) is 26.3. The molecule has 0 spiro atoms. The van der Waals surface area contributed by atoms with Crippen LogP contribution in [-0.4, -0.2) is 60.0 Å².